The van der Waals surface area contributed by atoms with Gasteiger partial charge in [0.15, 0.2) is 5.54 Å². The SMILES string of the molecule is CC(C)C1CCCN1C(=O)C(C)(N)C(F)(F)F. The van der Waals surface area contributed by atoms with Crippen LogP contribution in [0.25, 0.3) is 0 Å². The summed E-state index contributed by atoms with van der Waals surface area (Å²) in [6, 6.07) is -0.132. The number of carbonyl (C=O) groups excluding carboxylic acids is 1. The highest BCUT2D eigenvalue weighted by molar-refractivity contribution is 5.87. The first kappa shape index (κ1) is 14.3. The van der Waals surface area contributed by atoms with E-state index >= 15 is 0 Å². The number of nitrogens with zero attached hydrogens (tertiary/aromatic N) is 1. The fourth-order valence-electron chi connectivity index (χ4n) is 2.16. The third-order valence-corrected chi connectivity index (χ3v) is 3.36. The summed E-state index contributed by atoms with van der Waals surface area (Å²) in [7, 11) is 0. The van der Waals surface area contributed by atoms with E-state index in [0.717, 1.165) is 19.8 Å². The van der Waals surface area contributed by atoms with Gasteiger partial charge in [0.25, 0.3) is 5.91 Å². The van der Waals surface area contributed by atoms with Crippen LogP contribution in [0.4, 0.5) is 13.2 Å². The zero-order valence-electron chi connectivity index (χ0n) is 10.3. The monoisotopic (exact) mass is 252 g/mol. The van der Waals surface area contributed by atoms with Crippen LogP contribution in [0.3, 0.4) is 0 Å². The average molecular weight is 252 g/mol. The molecule has 1 aliphatic rings. The van der Waals surface area contributed by atoms with Crippen LogP contribution in [0.15, 0.2) is 0 Å². The number of amides is 1. The average Bonchev–Trinajstić information content (AvgIpc) is 2.62. The van der Waals surface area contributed by atoms with Gasteiger partial charge in [-0.2, -0.15) is 13.2 Å². The molecule has 3 nitrogen and oxygen atoms in total. The van der Waals surface area contributed by atoms with E-state index in [-0.39, 0.29) is 12.0 Å². The number of alkyl halides is 3. The predicted molar refractivity (Wildman–Crippen MR) is 58.2 cm³/mol. The summed E-state index contributed by atoms with van der Waals surface area (Å²) in [6.45, 7) is 4.91. The molecule has 17 heavy (non-hydrogen) atoms. The van der Waals surface area contributed by atoms with Gasteiger partial charge in [0.05, 0.1) is 0 Å². The van der Waals surface area contributed by atoms with Gasteiger partial charge in [-0.3, -0.25) is 4.79 Å². The van der Waals surface area contributed by atoms with E-state index in [0.29, 0.717) is 6.54 Å². The highest BCUT2D eigenvalue weighted by Crippen LogP contribution is 2.33. The zero-order valence-corrected chi connectivity index (χ0v) is 10.3. The van der Waals surface area contributed by atoms with Crippen LogP contribution in [0, 0.1) is 5.92 Å². The fourth-order valence-corrected chi connectivity index (χ4v) is 2.16. The van der Waals surface area contributed by atoms with Gasteiger partial charge in [-0.25, -0.2) is 0 Å². The molecule has 0 aromatic carbocycles. The molecule has 2 N–H and O–H groups in total. The Balaban J connectivity index is 2.90. The first-order valence-corrected chi connectivity index (χ1v) is 5.75. The van der Waals surface area contributed by atoms with Gasteiger partial charge in [-0.1, -0.05) is 13.8 Å². The maximum Gasteiger partial charge on any atom is 0.415 e. The molecule has 0 bridgehead atoms. The van der Waals surface area contributed by atoms with Crippen molar-refractivity contribution in [3.05, 3.63) is 0 Å². The maximum atomic E-state index is 12.7. The van der Waals surface area contributed by atoms with Crippen LogP contribution in [0.2, 0.25) is 0 Å². The van der Waals surface area contributed by atoms with E-state index in [1.54, 1.807) is 0 Å². The van der Waals surface area contributed by atoms with Crippen molar-refractivity contribution in [2.24, 2.45) is 11.7 Å². The van der Waals surface area contributed by atoms with E-state index in [1.807, 2.05) is 13.8 Å². The lowest BCUT2D eigenvalue weighted by molar-refractivity contribution is -0.194. The van der Waals surface area contributed by atoms with Crippen molar-refractivity contribution < 1.29 is 18.0 Å². The largest absolute Gasteiger partial charge is 0.415 e. The van der Waals surface area contributed by atoms with Crippen LogP contribution < -0.4 is 5.73 Å². The third-order valence-electron chi connectivity index (χ3n) is 3.36. The number of rotatable bonds is 2. The second-order valence-corrected chi connectivity index (χ2v) is 5.15. The van der Waals surface area contributed by atoms with Crippen molar-refractivity contribution in [3.8, 4) is 0 Å². The number of halogens is 3. The molecule has 1 fully saturated rings. The standard InChI is InChI=1S/C11H19F3N2O/c1-7(2)8-5-4-6-16(8)9(17)10(3,15)11(12,13)14/h7-8H,4-6,15H2,1-3H3. The minimum absolute atomic E-state index is 0.132. The van der Waals surface area contributed by atoms with Crippen molar-refractivity contribution in [3.63, 3.8) is 0 Å². The number of nitrogens with two attached hydrogens (primary N) is 1. The normalized spacial score (nSPS) is 25.2. The van der Waals surface area contributed by atoms with E-state index in [9.17, 15) is 18.0 Å². The molecule has 0 radical (unpaired) electrons. The van der Waals surface area contributed by atoms with E-state index in [4.69, 9.17) is 5.73 Å². The molecule has 1 saturated heterocycles. The van der Waals surface area contributed by atoms with Crippen molar-refractivity contribution >= 4 is 5.91 Å². The van der Waals surface area contributed by atoms with Gasteiger partial charge in [-0.05, 0) is 25.7 Å². The van der Waals surface area contributed by atoms with Gasteiger partial charge in [0.2, 0.25) is 0 Å². The summed E-state index contributed by atoms with van der Waals surface area (Å²) in [5.74, 6) is -0.869. The Labute approximate surface area is 99.1 Å². The minimum Gasteiger partial charge on any atom is -0.338 e. The summed E-state index contributed by atoms with van der Waals surface area (Å²) < 4.78 is 38.1. The van der Waals surface area contributed by atoms with Crippen LogP contribution in [-0.2, 0) is 4.79 Å². The number of carbonyl (C=O) groups is 1. The summed E-state index contributed by atoms with van der Waals surface area (Å²) >= 11 is 0. The number of hydrogen-bond acceptors (Lipinski definition) is 2. The second-order valence-electron chi connectivity index (χ2n) is 5.15. The summed E-state index contributed by atoms with van der Waals surface area (Å²) in [4.78, 5) is 13.2. The van der Waals surface area contributed by atoms with Crippen molar-refractivity contribution in [1.29, 1.82) is 0 Å². The lowest BCUT2D eigenvalue weighted by Gasteiger charge is -2.35. The van der Waals surface area contributed by atoms with Crippen LogP contribution in [-0.4, -0.2) is 35.1 Å². The van der Waals surface area contributed by atoms with Gasteiger partial charge in [0, 0.05) is 12.6 Å². The molecular formula is C11H19F3N2O. The van der Waals surface area contributed by atoms with Gasteiger partial charge in [-0.15, -0.1) is 0 Å². The molecule has 1 amide bonds. The molecule has 0 spiro atoms. The molecule has 2 atom stereocenters. The molecule has 1 rings (SSSR count). The van der Waals surface area contributed by atoms with Gasteiger partial charge < -0.3 is 10.6 Å². The molecule has 0 aromatic rings. The smallest absolute Gasteiger partial charge is 0.338 e. The molecular weight excluding hydrogens is 233 g/mol. The van der Waals surface area contributed by atoms with E-state index in [1.165, 1.54) is 4.90 Å². The molecule has 2 unspecified atom stereocenters. The summed E-state index contributed by atoms with van der Waals surface area (Å²) in [6.07, 6.45) is -3.23. The molecule has 0 aromatic heterocycles. The molecule has 0 aliphatic carbocycles. The molecule has 1 aliphatic heterocycles. The first-order valence-electron chi connectivity index (χ1n) is 5.75. The second kappa shape index (κ2) is 4.48. The molecule has 0 saturated carbocycles. The Morgan fingerprint density at radius 1 is 1.41 bits per heavy atom. The first-order chi connectivity index (χ1) is 7.59. The van der Waals surface area contributed by atoms with Crippen molar-refractivity contribution in [2.45, 2.75) is 51.4 Å². The highest BCUT2D eigenvalue weighted by Gasteiger charge is 2.56. The minimum atomic E-state index is -4.71. The number of likely N-dealkylation sites (tertiary alicyclic amines) is 1. The van der Waals surface area contributed by atoms with E-state index < -0.39 is 17.6 Å². The quantitative estimate of drug-likeness (QED) is 0.816. The van der Waals surface area contributed by atoms with Crippen LogP contribution in [0.1, 0.15) is 33.6 Å². The van der Waals surface area contributed by atoms with E-state index in [2.05, 4.69) is 0 Å². The molecule has 1 heterocycles. The Hall–Kier alpha value is -0.780. The topological polar surface area (TPSA) is 46.3 Å². The van der Waals surface area contributed by atoms with Gasteiger partial charge >= 0.3 is 6.18 Å². The number of hydrogen-bond donors (Lipinski definition) is 1. The predicted octanol–water partition coefficient (Wildman–Crippen LogP) is 1.91. The van der Waals surface area contributed by atoms with Crippen LogP contribution in [0.5, 0.6) is 0 Å². The Morgan fingerprint density at radius 2 is 1.94 bits per heavy atom. The van der Waals surface area contributed by atoms with Crippen LogP contribution >= 0.6 is 0 Å². The zero-order chi connectivity index (χ0) is 13.4. The summed E-state index contributed by atoms with van der Waals surface area (Å²) in [5, 5.41) is 0. The van der Waals surface area contributed by atoms with Crippen molar-refractivity contribution in [2.75, 3.05) is 6.54 Å². The lowest BCUT2D eigenvalue weighted by atomic mass is 9.97. The Morgan fingerprint density at radius 3 is 2.35 bits per heavy atom. The fraction of sp³-hybridized carbons (Fsp3) is 0.909. The highest BCUT2D eigenvalue weighted by atomic mass is 19.4. The molecule has 6 heteroatoms. The van der Waals surface area contributed by atoms with Gasteiger partial charge in [0.1, 0.15) is 0 Å². The van der Waals surface area contributed by atoms with Crippen molar-refractivity contribution in [1.82, 2.24) is 4.90 Å². The third kappa shape index (κ3) is 2.56. The molecule has 100 valence electrons. The maximum absolute atomic E-state index is 12.7. The lowest BCUT2D eigenvalue weighted by Crippen LogP contribution is -2.63. The summed E-state index contributed by atoms with van der Waals surface area (Å²) in [5.41, 5.74) is 2.38. The Bertz CT molecular complexity index is 300. The Kier molecular flexibility index (Phi) is 3.76.